The van der Waals surface area contributed by atoms with Crippen LogP contribution in [-0.2, 0) is 13.6 Å². The number of hydrogen-bond donors (Lipinski definition) is 0. The van der Waals surface area contributed by atoms with Crippen LogP contribution in [0.1, 0.15) is 18.0 Å². The molecule has 1 aliphatic rings. The van der Waals surface area contributed by atoms with Gasteiger partial charge >= 0.3 is 0 Å². The Bertz CT molecular complexity index is 665. The number of hydrogen-bond acceptors (Lipinski definition) is 4. The van der Waals surface area contributed by atoms with Crippen molar-refractivity contribution in [3.63, 3.8) is 0 Å². The largest absolute Gasteiger partial charge is 0.297 e. The van der Waals surface area contributed by atoms with E-state index in [4.69, 9.17) is 0 Å². The molecule has 0 radical (unpaired) electrons. The van der Waals surface area contributed by atoms with Gasteiger partial charge in [-0.2, -0.15) is 10.2 Å². The molecule has 1 fully saturated rings. The number of rotatable bonds is 3. The molecule has 0 amide bonds. The van der Waals surface area contributed by atoms with Gasteiger partial charge in [-0.05, 0) is 27.9 Å². The fourth-order valence-corrected chi connectivity index (χ4v) is 2.84. The summed E-state index contributed by atoms with van der Waals surface area (Å²) >= 11 is 3.42. The third-order valence-corrected chi connectivity index (χ3v) is 4.03. The Labute approximate surface area is 125 Å². The van der Waals surface area contributed by atoms with E-state index in [2.05, 4.69) is 31.0 Å². The minimum absolute atomic E-state index is 0.0609. The molecule has 0 bridgehead atoms. The summed E-state index contributed by atoms with van der Waals surface area (Å²) in [6.07, 6.45) is 6.66. The Hall–Kier alpha value is -1.47. The van der Waals surface area contributed by atoms with Gasteiger partial charge in [-0.15, -0.1) is 0 Å². The van der Waals surface area contributed by atoms with Gasteiger partial charge in [0.15, 0.2) is 0 Å². The maximum atomic E-state index is 11.6. The molecule has 7 heteroatoms. The van der Waals surface area contributed by atoms with Gasteiger partial charge in [0.25, 0.3) is 5.56 Å². The van der Waals surface area contributed by atoms with Crippen LogP contribution >= 0.6 is 15.9 Å². The van der Waals surface area contributed by atoms with Crippen LogP contribution in [0.5, 0.6) is 0 Å². The number of halogens is 1. The maximum Gasteiger partial charge on any atom is 0.266 e. The number of aryl methyl sites for hydroxylation is 1. The standard InChI is InChI=1S/C13H16BrN5O/c1-17-13(20)4-10(5-15-17)7-18-3-2-12(9-18)19-8-11(14)6-16-19/h4-6,8,12H,2-3,7,9H2,1H3. The van der Waals surface area contributed by atoms with Crippen molar-refractivity contribution < 1.29 is 0 Å². The molecule has 2 aromatic heterocycles. The van der Waals surface area contributed by atoms with Crippen LogP contribution in [0.15, 0.2) is 33.9 Å². The first-order valence-corrected chi connectivity index (χ1v) is 7.35. The van der Waals surface area contributed by atoms with E-state index in [0.29, 0.717) is 6.04 Å². The quantitative estimate of drug-likeness (QED) is 0.844. The summed E-state index contributed by atoms with van der Waals surface area (Å²) < 4.78 is 4.36. The van der Waals surface area contributed by atoms with Crippen molar-refractivity contribution in [2.45, 2.75) is 19.0 Å². The molecule has 1 unspecified atom stereocenters. The summed E-state index contributed by atoms with van der Waals surface area (Å²) in [7, 11) is 1.66. The van der Waals surface area contributed by atoms with Crippen molar-refractivity contribution in [2.75, 3.05) is 13.1 Å². The lowest BCUT2D eigenvalue weighted by molar-refractivity contribution is 0.310. The highest BCUT2D eigenvalue weighted by molar-refractivity contribution is 9.10. The number of aromatic nitrogens is 4. The van der Waals surface area contributed by atoms with E-state index in [9.17, 15) is 4.79 Å². The zero-order chi connectivity index (χ0) is 14.1. The molecule has 1 atom stereocenters. The molecule has 0 saturated carbocycles. The summed E-state index contributed by atoms with van der Waals surface area (Å²) in [4.78, 5) is 13.9. The first-order valence-electron chi connectivity index (χ1n) is 6.56. The zero-order valence-corrected chi connectivity index (χ0v) is 12.8. The molecule has 0 N–H and O–H groups in total. The fraction of sp³-hybridized carbons (Fsp3) is 0.462. The second kappa shape index (κ2) is 5.49. The van der Waals surface area contributed by atoms with Crippen molar-refractivity contribution in [1.82, 2.24) is 24.5 Å². The predicted octanol–water partition coefficient (Wildman–Crippen LogP) is 1.19. The van der Waals surface area contributed by atoms with Gasteiger partial charge in [0.2, 0.25) is 0 Å². The molecular formula is C13H16BrN5O. The average Bonchev–Trinajstić information content (AvgIpc) is 3.03. The second-order valence-corrected chi connectivity index (χ2v) is 6.06. The molecule has 1 aliphatic heterocycles. The zero-order valence-electron chi connectivity index (χ0n) is 11.2. The highest BCUT2D eigenvalue weighted by atomic mass is 79.9. The van der Waals surface area contributed by atoms with Crippen molar-refractivity contribution in [1.29, 1.82) is 0 Å². The summed E-state index contributed by atoms with van der Waals surface area (Å²) in [6.45, 7) is 2.72. The first-order chi connectivity index (χ1) is 9.61. The summed E-state index contributed by atoms with van der Waals surface area (Å²) in [5.41, 5.74) is 0.907. The van der Waals surface area contributed by atoms with Gasteiger partial charge in [-0.3, -0.25) is 14.4 Å². The molecule has 0 aliphatic carbocycles. The summed E-state index contributed by atoms with van der Waals surface area (Å²) in [6, 6.07) is 2.06. The Morgan fingerprint density at radius 1 is 1.40 bits per heavy atom. The van der Waals surface area contributed by atoms with Crippen LogP contribution in [0, 0.1) is 0 Å². The lowest BCUT2D eigenvalue weighted by Crippen LogP contribution is -2.24. The van der Waals surface area contributed by atoms with E-state index >= 15 is 0 Å². The van der Waals surface area contributed by atoms with Crippen LogP contribution in [0.25, 0.3) is 0 Å². The van der Waals surface area contributed by atoms with E-state index in [1.165, 1.54) is 4.68 Å². The third kappa shape index (κ3) is 2.83. The van der Waals surface area contributed by atoms with Crippen molar-refractivity contribution in [2.24, 2.45) is 7.05 Å². The molecule has 3 rings (SSSR count). The molecule has 0 aromatic carbocycles. The average molecular weight is 338 g/mol. The highest BCUT2D eigenvalue weighted by Crippen LogP contribution is 2.23. The van der Waals surface area contributed by atoms with E-state index in [1.807, 2.05) is 17.1 Å². The SMILES string of the molecule is Cn1ncc(CN2CCC(n3cc(Br)cn3)C2)cc1=O. The lowest BCUT2D eigenvalue weighted by Gasteiger charge is -2.16. The number of nitrogens with zero attached hydrogens (tertiary/aromatic N) is 5. The molecule has 6 nitrogen and oxygen atoms in total. The van der Waals surface area contributed by atoms with E-state index in [-0.39, 0.29) is 5.56 Å². The predicted molar refractivity (Wildman–Crippen MR) is 78.3 cm³/mol. The molecule has 106 valence electrons. The molecule has 2 aromatic rings. The minimum Gasteiger partial charge on any atom is -0.297 e. The Kier molecular flexibility index (Phi) is 3.71. The van der Waals surface area contributed by atoms with Gasteiger partial charge in [-0.25, -0.2) is 4.68 Å². The second-order valence-electron chi connectivity index (χ2n) is 5.14. The van der Waals surface area contributed by atoms with Crippen molar-refractivity contribution >= 4 is 15.9 Å². The summed E-state index contributed by atoms with van der Waals surface area (Å²) in [5.74, 6) is 0. The van der Waals surface area contributed by atoms with E-state index < -0.39 is 0 Å². The van der Waals surface area contributed by atoms with Gasteiger partial charge in [0, 0.05) is 38.9 Å². The Morgan fingerprint density at radius 2 is 2.25 bits per heavy atom. The van der Waals surface area contributed by atoms with Crippen LogP contribution < -0.4 is 5.56 Å². The van der Waals surface area contributed by atoms with Gasteiger partial charge in [-0.1, -0.05) is 0 Å². The third-order valence-electron chi connectivity index (χ3n) is 3.62. The van der Waals surface area contributed by atoms with Crippen LogP contribution in [0.2, 0.25) is 0 Å². The van der Waals surface area contributed by atoms with Gasteiger partial charge < -0.3 is 0 Å². The van der Waals surface area contributed by atoms with Crippen molar-refractivity contribution in [3.05, 3.63) is 45.0 Å². The normalized spacial score (nSPS) is 19.6. The molecule has 3 heterocycles. The topological polar surface area (TPSA) is 56.0 Å². The van der Waals surface area contributed by atoms with Crippen LogP contribution in [-0.4, -0.2) is 37.6 Å². The van der Waals surface area contributed by atoms with E-state index in [1.54, 1.807) is 19.3 Å². The smallest absolute Gasteiger partial charge is 0.266 e. The molecular weight excluding hydrogens is 322 g/mol. The van der Waals surface area contributed by atoms with Crippen molar-refractivity contribution in [3.8, 4) is 0 Å². The maximum absolute atomic E-state index is 11.6. The lowest BCUT2D eigenvalue weighted by atomic mass is 10.3. The number of likely N-dealkylation sites (tertiary alicyclic amines) is 1. The molecule has 20 heavy (non-hydrogen) atoms. The molecule has 1 saturated heterocycles. The van der Waals surface area contributed by atoms with Gasteiger partial charge in [0.05, 0.1) is 22.9 Å². The monoisotopic (exact) mass is 337 g/mol. The highest BCUT2D eigenvalue weighted by Gasteiger charge is 2.24. The van der Waals surface area contributed by atoms with Gasteiger partial charge in [0.1, 0.15) is 0 Å². The first kappa shape index (κ1) is 13.5. The van der Waals surface area contributed by atoms with E-state index in [0.717, 1.165) is 36.1 Å². The van der Waals surface area contributed by atoms with Crippen LogP contribution in [0.3, 0.4) is 0 Å². The minimum atomic E-state index is -0.0609. The Morgan fingerprint density at radius 3 is 2.95 bits per heavy atom. The summed E-state index contributed by atoms with van der Waals surface area (Å²) in [5, 5.41) is 8.40. The Balaban J connectivity index is 1.65. The van der Waals surface area contributed by atoms with Crippen LogP contribution in [0.4, 0.5) is 0 Å². The molecule has 0 spiro atoms. The fourth-order valence-electron chi connectivity index (χ4n) is 2.54.